The van der Waals surface area contributed by atoms with Crippen molar-refractivity contribution >= 4 is 11.8 Å². The van der Waals surface area contributed by atoms with Gasteiger partial charge in [0.25, 0.3) is 0 Å². The van der Waals surface area contributed by atoms with E-state index in [9.17, 15) is 4.79 Å². The van der Waals surface area contributed by atoms with E-state index in [-0.39, 0.29) is 0 Å². The van der Waals surface area contributed by atoms with Gasteiger partial charge in [-0.1, -0.05) is 18.2 Å². The fraction of sp³-hybridized carbons (Fsp3) is 0.214. The largest absolute Gasteiger partial charge is 0.478 e. The van der Waals surface area contributed by atoms with E-state index in [2.05, 4.69) is 15.3 Å². The van der Waals surface area contributed by atoms with Crippen molar-refractivity contribution in [2.24, 2.45) is 0 Å². The second-order valence-electron chi connectivity index (χ2n) is 4.13. The molecule has 5 heteroatoms. The van der Waals surface area contributed by atoms with E-state index in [4.69, 9.17) is 5.11 Å². The minimum absolute atomic E-state index is 0.347. The molecule has 0 spiro atoms. The SMILES string of the molecule is Cc1nccnc1NCCc1ccccc1C(=O)O. The standard InChI is InChI=1S/C14H15N3O2/c1-10-13(17-9-8-15-10)16-7-6-11-4-2-3-5-12(11)14(18)19/h2-5,8-9H,6-7H2,1H3,(H,16,17)(H,18,19). The number of carboxylic acid groups (broad SMARTS) is 1. The van der Waals surface area contributed by atoms with Crippen LogP contribution in [0.3, 0.4) is 0 Å². The number of carboxylic acids is 1. The number of carbonyl (C=O) groups is 1. The Kier molecular flexibility index (Phi) is 4.07. The fourth-order valence-electron chi connectivity index (χ4n) is 1.84. The molecule has 0 fully saturated rings. The zero-order valence-corrected chi connectivity index (χ0v) is 10.6. The normalized spacial score (nSPS) is 10.2. The molecule has 2 rings (SSSR count). The van der Waals surface area contributed by atoms with E-state index < -0.39 is 5.97 Å². The maximum absolute atomic E-state index is 11.1. The Balaban J connectivity index is 2.00. The number of aryl methyl sites for hydroxylation is 1. The van der Waals surface area contributed by atoms with Crippen molar-refractivity contribution in [3.63, 3.8) is 0 Å². The highest BCUT2D eigenvalue weighted by Crippen LogP contribution is 2.11. The van der Waals surface area contributed by atoms with Crippen molar-refractivity contribution in [2.75, 3.05) is 11.9 Å². The highest BCUT2D eigenvalue weighted by molar-refractivity contribution is 5.89. The van der Waals surface area contributed by atoms with Crippen molar-refractivity contribution in [1.82, 2.24) is 9.97 Å². The summed E-state index contributed by atoms with van der Waals surface area (Å²) in [5.74, 6) is -0.165. The third-order valence-electron chi connectivity index (χ3n) is 2.82. The first-order chi connectivity index (χ1) is 9.18. The fourth-order valence-corrected chi connectivity index (χ4v) is 1.84. The van der Waals surface area contributed by atoms with Crippen LogP contribution in [0.2, 0.25) is 0 Å². The number of nitrogens with zero attached hydrogens (tertiary/aromatic N) is 2. The first kappa shape index (κ1) is 13.0. The Bertz CT molecular complexity index is 584. The van der Waals surface area contributed by atoms with Crippen LogP contribution in [-0.2, 0) is 6.42 Å². The number of nitrogens with one attached hydrogen (secondary N) is 1. The molecule has 0 amide bonds. The van der Waals surface area contributed by atoms with Crippen LogP contribution < -0.4 is 5.32 Å². The number of hydrogen-bond acceptors (Lipinski definition) is 4. The monoisotopic (exact) mass is 257 g/mol. The number of benzene rings is 1. The molecule has 0 unspecified atom stereocenters. The van der Waals surface area contributed by atoms with Crippen molar-refractivity contribution in [3.05, 3.63) is 53.5 Å². The summed E-state index contributed by atoms with van der Waals surface area (Å²) in [4.78, 5) is 19.4. The van der Waals surface area contributed by atoms with Crippen molar-refractivity contribution < 1.29 is 9.90 Å². The summed E-state index contributed by atoms with van der Waals surface area (Å²) in [7, 11) is 0. The third kappa shape index (κ3) is 3.28. The molecule has 1 aromatic heterocycles. The maximum atomic E-state index is 11.1. The molecule has 1 heterocycles. The van der Waals surface area contributed by atoms with Gasteiger partial charge in [0.15, 0.2) is 0 Å². The summed E-state index contributed by atoms with van der Waals surface area (Å²) >= 11 is 0. The van der Waals surface area contributed by atoms with E-state index in [0.717, 1.165) is 17.1 Å². The zero-order valence-electron chi connectivity index (χ0n) is 10.6. The lowest BCUT2D eigenvalue weighted by Crippen LogP contribution is -2.11. The maximum Gasteiger partial charge on any atom is 0.335 e. The molecular formula is C14H15N3O2. The van der Waals surface area contributed by atoms with Crippen LogP contribution in [0.1, 0.15) is 21.6 Å². The van der Waals surface area contributed by atoms with Gasteiger partial charge in [0.2, 0.25) is 0 Å². The van der Waals surface area contributed by atoms with Crippen LogP contribution in [0.5, 0.6) is 0 Å². The molecule has 0 saturated heterocycles. The Morgan fingerprint density at radius 1 is 1.26 bits per heavy atom. The zero-order chi connectivity index (χ0) is 13.7. The Morgan fingerprint density at radius 2 is 2.00 bits per heavy atom. The summed E-state index contributed by atoms with van der Waals surface area (Å²) in [5.41, 5.74) is 1.98. The summed E-state index contributed by atoms with van der Waals surface area (Å²) in [6, 6.07) is 7.02. The molecule has 0 aliphatic carbocycles. The van der Waals surface area contributed by atoms with Crippen LogP contribution >= 0.6 is 0 Å². The molecule has 2 aromatic rings. The predicted octanol–water partition coefficient (Wildman–Crippen LogP) is 2.14. The third-order valence-corrected chi connectivity index (χ3v) is 2.82. The topological polar surface area (TPSA) is 75.1 Å². The molecule has 0 atom stereocenters. The molecule has 0 aliphatic heterocycles. The molecule has 2 N–H and O–H groups in total. The first-order valence-corrected chi connectivity index (χ1v) is 6.01. The summed E-state index contributed by atoms with van der Waals surface area (Å²) in [6.07, 6.45) is 3.89. The molecule has 0 radical (unpaired) electrons. The Morgan fingerprint density at radius 3 is 2.74 bits per heavy atom. The van der Waals surface area contributed by atoms with E-state index >= 15 is 0 Å². The molecule has 0 saturated carbocycles. The number of hydrogen-bond donors (Lipinski definition) is 2. The van der Waals surface area contributed by atoms with Gasteiger partial charge in [0.05, 0.1) is 11.3 Å². The average molecular weight is 257 g/mol. The number of anilines is 1. The molecule has 1 aromatic carbocycles. The highest BCUT2D eigenvalue weighted by atomic mass is 16.4. The lowest BCUT2D eigenvalue weighted by atomic mass is 10.0. The van der Waals surface area contributed by atoms with Gasteiger partial charge in [-0.05, 0) is 25.0 Å². The molecular weight excluding hydrogens is 242 g/mol. The van der Waals surface area contributed by atoms with Gasteiger partial charge in [-0.3, -0.25) is 4.98 Å². The Hall–Kier alpha value is -2.43. The average Bonchev–Trinajstić information content (AvgIpc) is 2.41. The lowest BCUT2D eigenvalue weighted by Gasteiger charge is -2.09. The summed E-state index contributed by atoms with van der Waals surface area (Å²) in [6.45, 7) is 2.49. The quantitative estimate of drug-likeness (QED) is 0.858. The van der Waals surface area contributed by atoms with Crippen molar-refractivity contribution in [3.8, 4) is 0 Å². The van der Waals surface area contributed by atoms with Gasteiger partial charge >= 0.3 is 5.97 Å². The minimum Gasteiger partial charge on any atom is -0.478 e. The van der Waals surface area contributed by atoms with Crippen molar-refractivity contribution in [1.29, 1.82) is 0 Å². The second-order valence-corrected chi connectivity index (χ2v) is 4.13. The molecule has 0 bridgehead atoms. The predicted molar refractivity (Wildman–Crippen MR) is 72.4 cm³/mol. The molecule has 98 valence electrons. The van der Waals surface area contributed by atoms with Crippen LogP contribution in [0.4, 0.5) is 5.82 Å². The summed E-state index contributed by atoms with van der Waals surface area (Å²) < 4.78 is 0. The minimum atomic E-state index is -0.897. The van der Waals surface area contributed by atoms with Gasteiger partial charge in [0, 0.05) is 18.9 Å². The lowest BCUT2D eigenvalue weighted by molar-refractivity contribution is 0.0695. The van der Waals surface area contributed by atoms with Crippen molar-refractivity contribution in [2.45, 2.75) is 13.3 Å². The van der Waals surface area contributed by atoms with E-state index in [0.29, 0.717) is 18.5 Å². The van der Waals surface area contributed by atoms with Gasteiger partial charge < -0.3 is 10.4 Å². The molecule has 5 nitrogen and oxygen atoms in total. The number of aromatic carboxylic acids is 1. The van der Waals surface area contributed by atoms with Gasteiger partial charge in [-0.15, -0.1) is 0 Å². The highest BCUT2D eigenvalue weighted by Gasteiger charge is 2.08. The van der Waals surface area contributed by atoms with Gasteiger partial charge in [0.1, 0.15) is 5.82 Å². The van der Waals surface area contributed by atoms with Crippen LogP contribution in [0.25, 0.3) is 0 Å². The number of rotatable bonds is 5. The van der Waals surface area contributed by atoms with E-state index in [1.165, 1.54) is 0 Å². The smallest absolute Gasteiger partial charge is 0.335 e. The number of aromatic nitrogens is 2. The van der Waals surface area contributed by atoms with Crippen LogP contribution in [0.15, 0.2) is 36.7 Å². The molecule has 0 aliphatic rings. The van der Waals surface area contributed by atoms with Gasteiger partial charge in [-0.2, -0.15) is 0 Å². The van der Waals surface area contributed by atoms with Crippen LogP contribution in [-0.4, -0.2) is 27.6 Å². The summed E-state index contributed by atoms with van der Waals surface area (Å²) in [5, 5.41) is 12.2. The Labute approximate surface area is 111 Å². The second kappa shape index (κ2) is 5.95. The van der Waals surface area contributed by atoms with E-state index in [1.807, 2.05) is 19.1 Å². The molecule has 19 heavy (non-hydrogen) atoms. The van der Waals surface area contributed by atoms with Crippen LogP contribution in [0, 0.1) is 6.92 Å². The first-order valence-electron chi connectivity index (χ1n) is 6.01. The van der Waals surface area contributed by atoms with E-state index in [1.54, 1.807) is 24.5 Å². The van der Waals surface area contributed by atoms with Gasteiger partial charge in [-0.25, -0.2) is 9.78 Å².